The molecule has 1 heterocycles. The summed E-state index contributed by atoms with van der Waals surface area (Å²) >= 11 is 0. The van der Waals surface area contributed by atoms with Crippen LogP contribution in [-0.4, -0.2) is 40.8 Å². The van der Waals surface area contributed by atoms with Gasteiger partial charge in [0.2, 0.25) is 5.91 Å². The van der Waals surface area contributed by atoms with Gasteiger partial charge in [-0.25, -0.2) is 9.69 Å². The number of carbonyl (C=O) groups is 2. The van der Waals surface area contributed by atoms with Crippen LogP contribution in [0.5, 0.6) is 0 Å². The van der Waals surface area contributed by atoms with Gasteiger partial charge in [-0.15, -0.1) is 0 Å². The Morgan fingerprint density at radius 1 is 1.30 bits per heavy atom. The van der Waals surface area contributed by atoms with E-state index in [1.54, 1.807) is 6.92 Å². The highest BCUT2D eigenvalue weighted by Crippen LogP contribution is 2.24. The molecule has 0 spiro atoms. The van der Waals surface area contributed by atoms with Crippen LogP contribution in [0.15, 0.2) is 54.6 Å². The molecule has 1 aromatic rings. The number of allylic oxidation sites excluding steroid dienone is 4. The zero-order valence-corrected chi connectivity index (χ0v) is 16.2. The predicted molar refractivity (Wildman–Crippen MR) is 105 cm³/mol. The second kappa shape index (κ2) is 10.1. The number of hydrogen-bond acceptors (Lipinski definition) is 4. The largest absolute Gasteiger partial charge is 0.447 e. The minimum atomic E-state index is -0.835. The molecule has 1 fully saturated rings. The van der Waals surface area contributed by atoms with Crippen molar-refractivity contribution in [3.63, 3.8) is 0 Å². The Hall–Kier alpha value is -2.40. The maximum Gasteiger partial charge on any atom is 0.416 e. The van der Waals surface area contributed by atoms with Crippen LogP contribution in [-0.2, 0) is 16.0 Å². The molecule has 1 unspecified atom stereocenters. The zero-order chi connectivity index (χ0) is 19.8. The molecule has 1 saturated heterocycles. The van der Waals surface area contributed by atoms with Gasteiger partial charge in [-0.3, -0.25) is 4.79 Å². The first kappa shape index (κ1) is 20.9. The average Bonchev–Trinajstić information content (AvgIpc) is 3.04. The summed E-state index contributed by atoms with van der Waals surface area (Å²) in [6, 6.07) is 9.36. The van der Waals surface area contributed by atoms with Crippen LogP contribution >= 0.6 is 0 Å². The molecule has 1 N–H and O–H groups in total. The van der Waals surface area contributed by atoms with Crippen LogP contribution in [0.2, 0.25) is 0 Å². The first-order chi connectivity index (χ1) is 13.0. The molecule has 0 aromatic heterocycles. The summed E-state index contributed by atoms with van der Waals surface area (Å²) in [4.78, 5) is 26.2. The van der Waals surface area contributed by atoms with Gasteiger partial charge in [0, 0.05) is 0 Å². The number of hydrogen-bond donors (Lipinski definition) is 1. The second-order valence-corrected chi connectivity index (χ2v) is 7.07. The van der Waals surface area contributed by atoms with Crippen molar-refractivity contribution in [1.82, 2.24) is 4.90 Å². The first-order valence-corrected chi connectivity index (χ1v) is 9.45. The molecule has 0 bridgehead atoms. The molecule has 2 rings (SSSR count). The SMILES string of the molecule is C/C=C/C=C/C[C@@H](C)[C@H](O)[C@@H](C)C(=O)N1C(=O)OCC1Cc1ccccc1. The highest BCUT2D eigenvalue weighted by atomic mass is 16.6. The van der Waals surface area contributed by atoms with Crippen molar-refractivity contribution in [2.24, 2.45) is 11.8 Å². The fraction of sp³-hybridized carbons (Fsp3) is 0.455. The highest BCUT2D eigenvalue weighted by Gasteiger charge is 2.41. The minimum absolute atomic E-state index is 0.100. The Bertz CT molecular complexity index is 683. The first-order valence-electron chi connectivity index (χ1n) is 9.45. The highest BCUT2D eigenvalue weighted by molar-refractivity contribution is 5.95. The van der Waals surface area contributed by atoms with Gasteiger partial charge in [-0.1, -0.05) is 68.5 Å². The van der Waals surface area contributed by atoms with Crippen molar-refractivity contribution >= 4 is 12.0 Å². The number of cyclic esters (lactones) is 1. The summed E-state index contributed by atoms with van der Waals surface area (Å²) in [7, 11) is 0. The van der Waals surface area contributed by atoms with Crippen LogP contribution < -0.4 is 0 Å². The van der Waals surface area contributed by atoms with Gasteiger partial charge >= 0.3 is 6.09 Å². The number of amides is 2. The summed E-state index contributed by atoms with van der Waals surface area (Å²) < 4.78 is 5.12. The quantitative estimate of drug-likeness (QED) is 0.707. The normalized spacial score (nSPS) is 20.8. The lowest BCUT2D eigenvalue weighted by Gasteiger charge is -2.28. The molecule has 4 atom stereocenters. The Labute approximate surface area is 161 Å². The van der Waals surface area contributed by atoms with E-state index in [4.69, 9.17) is 4.74 Å². The van der Waals surface area contributed by atoms with Gasteiger partial charge in [0.15, 0.2) is 0 Å². The lowest BCUT2D eigenvalue weighted by Crippen LogP contribution is -2.46. The van der Waals surface area contributed by atoms with Gasteiger partial charge in [0.25, 0.3) is 0 Å². The monoisotopic (exact) mass is 371 g/mol. The van der Waals surface area contributed by atoms with E-state index in [-0.39, 0.29) is 24.5 Å². The molecule has 0 saturated carbocycles. The van der Waals surface area contributed by atoms with Crippen molar-refractivity contribution < 1.29 is 19.4 Å². The molecule has 1 aromatic carbocycles. The summed E-state index contributed by atoms with van der Waals surface area (Å²) in [6.07, 6.45) is 7.47. The number of ether oxygens (including phenoxy) is 1. The summed E-state index contributed by atoms with van der Waals surface area (Å²) in [6.45, 7) is 5.69. The number of aliphatic hydroxyl groups is 1. The van der Waals surface area contributed by atoms with E-state index in [9.17, 15) is 14.7 Å². The molecular formula is C22H29NO4. The standard InChI is InChI=1S/C22H29NO4/c1-4-5-6-8-11-16(2)20(24)17(3)21(25)23-19(15-27-22(23)26)14-18-12-9-7-10-13-18/h4-10,12-13,16-17,19-20,24H,11,14-15H2,1-3H3/b5-4+,8-6+/t16-,17-,19?,20+/m1/s1. The third-order valence-corrected chi connectivity index (χ3v) is 4.94. The summed E-state index contributed by atoms with van der Waals surface area (Å²) in [5.74, 6) is -1.16. The molecule has 1 aliphatic rings. The van der Waals surface area contributed by atoms with Gasteiger partial charge in [-0.05, 0) is 31.2 Å². The number of nitrogens with zero attached hydrogens (tertiary/aromatic N) is 1. The molecule has 1 aliphatic heterocycles. The van der Waals surface area contributed by atoms with E-state index in [2.05, 4.69) is 0 Å². The van der Waals surface area contributed by atoms with Gasteiger partial charge in [0.1, 0.15) is 6.61 Å². The molecule has 27 heavy (non-hydrogen) atoms. The number of rotatable bonds is 8. The Morgan fingerprint density at radius 3 is 2.67 bits per heavy atom. The van der Waals surface area contributed by atoms with Crippen LogP contribution in [0.3, 0.4) is 0 Å². The average molecular weight is 371 g/mol. The molecule has 0 aliphatic carbocycles. The Balaban J connectivity index is 2.02. The van der Waals surface area contributed by atoms with Crippen LogP contribution in [0.1, 0.15) is 32.8 Å². The third-order valence-electron chi connectivity index (χ3n) is 4.94. The maximum atomic E-state index is 12.9. The lowest BCUT2D eigenvalue weighted by molar-refractivity contribution is -0.137. The fourth-order valence-electron chi connectivity index (χ4n) is 3.25. The summed E-state index contributed by atoms with van der Waals surface area (Å²) in [5, 5.41) is 10.6. The summed E-state index contributed by atoms with van der Waals surface area (Å²) in [5.41, 5.74) is 1.04. The van der Waals surface area contributed by atoms with E-state index in [1.807, 2.05) is 68.5 Å². The molecular weight excluding hydrogens is 342 g/mol. The predicted octanol–water partition coefficient (Wildman–Crippen LogP) is 3.73. The Morgan fingerprint density at radius 2 is 2.00 bits per heavy atom. The lowest BCUT2D eigenvalue weighted by atomic mass is 9.89. The number of benzene rings is 1. The van der Waals surface area contributed by atoms with Crippen molar-refractivity contribution in [1.29, 1.82) is 0 Å². The van der Waals surface area contributed by atoms with Gasteiger partial charge in [-0.2, -0.15) is 0 Å². The third kappa shape index (κ3) is 5.54. The Kier molecular flexibility index (Phi) is 7.80. The van der Waals surface area contributed by atoms with E-state index in [1.165, 1.54) is 4.90 Å². The molecule has 5 heteroatoms. The number of carbonyl (C=O) groups excluding carboxylic acids is 2. The zero-order valence-electron chi connectivity index (χ0n) is 16.2. The van der Waals surface area contributed by atoms with Crippen molar-refractivity contribution in [2.45, 2.75) is 45.8 Å². The second-order valence-electron chi connectivity index (χ2n) is 7.07. The van der Waals surface area contributed by atoms with Crippen molar-refractivity contribution in [3.05, 3.63) is 60.2 Å². The number of aliphatic hydroxyl groups excluding tert-OH is 1. The maximum absolute atomic E-state index is 12.9. The van der Waals surface area contributed by atoms with E-state index in [0.717, 1.165) is 5.56 Å². The molecule has 0 radical (unpaired) electrons. The van der Waals surface area contributed by atoms with Gasteiger partial charge < -0.3 is 9.84 Å². The van der Waals surface area contributed by atoms with Crippen molar-refractivity contribution in [2.75, 3.05) is 6.61 Å². The van der Waals surface area contributed by atoms with E-state index in [0.29, 0.717) is 12.8 Å². The molecule has 146 valence electrons. The smallest absolute Gasteiger partial charge is 0.416 e. The molecule has 2 amide bonds. The minimum Gasteiger partial charge on any atom is -0.447 e. The molecule has 5 nitrogen and oxygen atoms in total. The fourth-order valence-corrected chi connectivity index (χ4v) is 3.25. The van der Waals surface area contributed by atoms with Crippen LogP contribution in [0.25, 0.3) is 0 Å². The van der Waals surface area contributed by atoms with E-state index >= 15 is 0 Å². The van der Waals surface area contributed by atoms with Crippen LogP contribution in [0.4, 0.5) is 4.79 Å². The van der Waals surface area contributed by atoms with Crippen molar-refractivity contribution in [3.8, 4) is 0 Å². The number of imide groups is 1. The van der Waals surface area contributed by atoms with Gasteiger partial charge in [0.05, 0.1) is 18.1 Å². The van der Waals surface area contributed by atoms with E-state index < -0.39 is 18.1 Å². The topological polar surface area (TPSA) is 66.8 Å². The van der Waals surface area contributed by atoms with Crippen LogP contribution in [0, 0.1) is 11.8 Å².